The van der Waals surface area contributed by atoms with Gasteiger partial charge in [-0.05, 0) is 149 Å². The summed E-state index contributed by atoms with van der Waals surface area (Å²) in [4.78, 5) is 128. The Hall–Kier alpha value is -14.5. The first-order chi connectivity index (χ1) is 50.4. The molecule has 0 atom stereocenters. The fraction of sp³-hybridized carbons (Fsp3) is 0.123. The monoisotopic (exact) mass is 1390 g/mol. The maximum atomic E-state index is 12.7. The van der Waals surface area contributed by atoms with E-state index in [1.807, 2.05) is 85.8 Å². The van der Waals surface area contributed by atoms with Gasteiger partial charge in [0.25, 0.3) is 23.6 Å². The van der Waals surface area contributed by atoms with E-state index in [2.05, 4.69) is 117 Å². The lowest BCUT2D eigenvalue weighted by atomic mass is 10.0. The minimum atomic E-state index is -0.433. The van der Waals surface area contributed by atoms with Gasteiger partial charge in [0.05, 0.1) is 21.3 Å². The van der Waals surface area contributed by atoms with Crippen molar-refractivity contribution in [2.75, 3.05) is 47.9 Å². The van der Waals surface area contributed by atoms with Crippen LogP contribution in [0.3, 0.4) is 0 Å². The van der Waals surface area contributed by atoms with Crippen molar-refractivity contribution in [2.24, 2.45) is 0 Å². The van der Waals surface area contributed by atoms with E-state index in [0.29, 0.717) is 109 Å². The number of aromatic nitrogens is 18. The van der Waals surface area contributed by atoms with E-state index in [-0.39, 0.29) is 53.1 Å². The van der Waals surface area contributed by atoms with E-state index in [0.717, 1.165) is 16.8 Å². The number of amides is 5. The lowest BCUT2D eigenvalue weighted by molar-refractivity contribution is -0.114. The predicted molar refractivity (Wildman–Crippen MR) is 385 cm³/mol. The Morgan fingerprint density at radius 1 is 0.346 bits per heavy atom. The first-order valence-corrected chi connectivity index (χ1v) is 31.5. The van der Waals surface area contributed by atoms with E-state index in [9.17, 15) is 24.0 Å². The van der Waals surface area contributed by atoms with Crippen LogP contribution in [0.15, 0.2) is 195 Å². The third-order valence-corrected chi connectivity index (χ3v) is 14.1. The number of carbonyl (C=O) groups excluding carboxylic acids is 5. The zero-order valence-corrected chi connectivity index (χ0v) is 57.3. The summed E-state index contributed by atoms with van der Waals surface area (Å²) in [6.07, 6.45) is 6.60. The highest BCUT2D eigenvalue weighted by atomic mass is 16.5. The van der Waals surface area contributed by atoms with Gasteiger partial charge in [-0.2, -0.15) is 45.0 Å². The van der Waals surface area contributed by atoms with Gasteiger partial charge < -0.3 is 19.5 Å². The molecule has 520 valence electrons. The molecule has 0 aliphatic rings. The van der Waals surface area contributed by atoms with E-state index in [1.165, 1.54) is 28.3 Å². The van der Waals surface area contributed by atoms with Crippen molar-refractivity contribution in [1.29, 1.82) is 0 Å². The van der Waals surface area contributed by atoms with Crippen LogP contribution in [-0.2, 0) is 4.79 Å². The van der Waals surface area contributed by atoms with Crippen LogP contribution in [-0.4, -0.2) is 141 Å². The summed E-state index contributed by atoms with van der Waals surface area (Å²) in [6, 6.07) is 50.4. The lowest BCUT2D eigenvalue weighted by Crippen LogP contribution is -2.16. The highest BCUT2D eigenvalue weighted by Gasteiger charge is 2.21. The number of methoxy groups -OCH3 is 3. The van der Waals surface area contributed by atoms with Gasteiger partial charge in [0.2, 0.25) is 35.5 Å². The van der Waals surface area contributed by atoms with Gasteiger partial charge in [-0.25, -0.2) is 19.9 Å². The quantitative estimate of drug-likeness (QED) is 0.0493. The maximum Gasteiger partial charge on any atom is 0.278 e. The Kier molecular flexibility index (Phi) is 24.2. The number of benzene rings is 4. The number of anilines is 5. The fourth-order valence-corrected chi connectivity index (χ4v) is 9.38. The Bertz CT molecular complexity index is 5100. The molecular formula is C73H65N23O8. The van der Waals surface area contributed by atoms with Crippen molar-refractivity contribution in [3.63, 3.8) is 0 Å². The summed E-state index contributed by atoms with van der Waals surface area (Å²) >= 11 is 0. The van der Waals surface area contributed by atoms with Crippen LogP contribution in [0.1, 0.15) is 77.5 Å². The van der Waals surface area contributed by atoms with Crippen LogP contribution >= 0.6 is 0 Å². The number of H-pyrrole nitrogens is 1. The molecule has 13 aromatic rings. The lowest BCUT2D eigenvalue weighted by Gasteiger charge is -2.14. The minimum absolute atomic E-state index is 0.118. The summed E-state index contributed by atoms with van der Waals surface area (Å²) in [7, 11) is 4.45. The molecule has 5 amide bonds. The second kappa shape index (κ2) is 34.8. The molecule has 0 aliphatic carbocycles. The predicted octanol–water partition coefficient (Wildman–Crippen LogP) is 10.7. The summed E-state index contributed by atoms with van der Waals surface area (Å²) < 4.78 is 15.8. The summed E-state index contributed by atoms with van der Waals surface area (Å²) in [6.45, 7) is 10.1. The number of nitrogens with zero attached hydrogens (tertiary/aromatic N) is 17. The van der Waals surface area contributed by atoms with E-state index < -0.39 is 5.91 Å². The SMILES string of the molecule is CC(=O)Nc1ccc(C(=O)Nc2nc(C)nc(-c3ccccn3)n2)cc1.COc1cc(C(=O)Nc2nc(C)nc(-c3ccccn3)n2)cc(OC)c1OC.Cc1nc(NC(=O)c2cc(C)[nH]n2)nc(-c2ccccn2)n1.Cc1nc(NC(=O)c2ccc(-c3ccccc3)cc2)nc(-c2ccccn2)n1. The van der Waals surface area contributed by atoms with Gasteiger partial charge in [0, 0.05) is 59.8 Å². The maximum absolute atomic E-state index is 12.7. The molecule has 9 aromatic heterocycles. The number of pyridine rings is 4. The van der Waals surface area contributed by atoms with Gasteiger partial charge in [0.1, 0.15) is 46.1 Å². The first-order valence-electron chi connectivity index (χ1n) is 31.5. The number of aryl methyl sites for hydroxylation is 5. The summed E-state index contributed by atoms with van der Waals surface area (Å²) in [5, 5.41) is 19.9. The van der Waals surface area contributed by atoms with E-state index >= 15 is 0 Å². The Morgan fingerprint density at radius 2 is 0.692 bits per heavy atom. The average Bonchev–Trinajstić information content (AvgIpc) is 0.916. The molecule has 0 bridgehead atoms. The first kappa shape index (κ1) is 72.2. The zero-order valence-electron chi connectivity index (χ0n) is 57.3. The number of nitrogens with one attached hydrogen (secondary N) is 6. The normalized spacial score (nSPS) is 10.4. The molecule has 6 N–H and O–H groups in total. The molecule has 31 nitrogen and oxygen atoms in total. The molecule has 0 fully saturated rings. The summed E-state index contributed by atoms with van der Waals surface area (Å²) in [5.41, 5.74) is 7.47. The van der Waals surface area contributed by atoms with Crippen molar-refractivity contribution >= 4 is 59.0 Å². The van der Waals surface area contributed by atoms with Gasteiger partial charge in [-0.3, -0.25) is 70.3 Å². The van der Waals surface area contributed by atoms with Crippen LogP contribution in [0, 0.1) is 34.6 Å². The summed E-state index contributed by atoms with van der Waals surface area (Å²) in [5.74, 6) is 3.62. The molecule has 0 saturated heterocycles. The molecule has 13 rings (SSSR count). The van der Waals surface area contributed by atoms with Gasteiger partial charge >= 0.3 is 0 Å². The third-order valence-electron chi connectivity index (χ3n) is 14.1. The van der Waals surface area contributed by atoms with Crippen molar-refractivity contribution in [3.05, 3.63) is 246 Å². The molecule has 0 aliphatic heterocycles. The zero-order chi connectivity index (χ0) is 73.5. The molecule has 9 heterocycles. The second-order valence-electron chi connectivity index (χ2n) is 21.8. The molecule has 0 saturated carbocycles. The topological polar surface area (TPSA) is 408 Å². The molecule has 31 heteroatoms. The Balaban J connectivity index is 0.000000149. The third kappa shape index (κ3) is 20.1. The average molecular weight is 1390 g/mol. The molecule has 0 radical (unpaired) electrons. The van der Waals surface area contributed by atoms with Crippen LogP contribution in [0.5, 0.6) is 17.2 Å². The van der Waals surface area contributed by atoms with Crippen LogP contribution in [0.25, 0.3) is 57.2 Å². The Labute approximate surface area is 594 Å². The molecule has 104 heavy (non-hydrogen) atoms. The number of carbonyl (C=O) groups is 5. The minimum Gasteiger partial charge on any atom is -0.493 e. The molecule has 0 spiro atoms. The number of hydrogen-bond donors (Lipinski definition) is 6. The number of ether oxygens (including phenoxy) is 3. The van der Waals surface area contributed by atoms with E-state index in [4.69, 9.17) is 14.2 Å². The number of rotatable bonds is 17. The van der Waals surface area contributed by atoms with Gasteiger partial charge in [-0.15, -0.1) is 0 Å². The molecule has 0 unspecified atom stereocenters. The van der Waals surface area contributed by atoms with Crippen molar-refractivity contribution < 1.29 is 38.2 Å². The van der Waals surface area contributed by atoms with Crippen LogP contribution < -0.4 is 40.8 Å². The van der Waals surface area contributed by atoms with Gasteiger partial charge in [0.15, 0.2) is 40.5 Å². The highest BCUT2D eigenvalue weighted by molar-refractivity contribution is 6.06. The number of aromatic amines is 1. The van der Waals surface area contributed by atoms with E-state index in [1.54, 1.807) is 143 Å². The fourth-order valence-electron chi connectivity index (χ4n) is 9.38. The molecule has 4 aromatic carbocycles. The standard InChI is InChI=1S/C22H17N5O.C19H19N5O4.C18H16N6O2.C14H13N7O/c1-15-24-20(19-9-5-6-14-23-19)26-22(25-15)27-21(28)18-12-10-17(11-13-18)16-7-3-2-4-8-16;1-11-21-17(13-7-5-6-8-20-13)23-19(22-11)24-18(25)12-9-14(26-2)16(28-4)15(10-12)27-3;1-11-20-16(15-5-3-4-10-19-15)23-18(21-11)24-17(26)13-6-8-14(9-7-13)22-12(2)25;1-8-7-11(21-20-8)13(22)19-14-17-9(2)16-12(18-14)10-5-3-4-6-15-10/h2-14H,1H3,(H,24,25,26,27,28);5-10H,1-4H3,(H,21,22,23,24,25);3-10H,1-2H3,(H,22,25)(H,20,21,23,24,26);3-7H,1-2H3,(H,20,21)(H,16,17,18,19,22). The molecular weight excluding hydrogens is 1330 g/mol. The van der Waals surface area contributed by atoms with Crippen molar-refractivity contribution in [3.8, 4) is 74.4 Å². The van der Waals surface area contributed by atoms with Crippen LogP contribution in [0.4, 0.5) is 29.5 Å². The largest absolute Gasteiger partial charge is 0.493 e. The second-order valence-corrected chi connectivity index (χ2v) is 21.8. The van der Waals surface area contributed by atoms with Crippen LogP contribution in [0.2, 0.25) is 0 Å². The van der Waals surface area contributed by atoms with Crippen molar-refractivity contribution in [2.45, 2.75) is 41.5 Å². The van der Waals surface area contributed by atoms with Crippen molar-refractivity contribution in [1.82, 2.24) is 89.9 Å². The highest BCUT2D eigenvalue weighted by Crippen LogP contribution is 2.38. The van der Waals surface area contributed by atoms with Gasteiger partial charge in [-0.1, -0.05) is 66.7 Å². The number of hydrogen-bond acceptors (Lipinski definition) is 25. The Morgan fingerprint density at radius 3 is 1.02 bits per heavy atom. The smallest absolute Gasteiger partial charge is 0.278 e.